The molecule has 4 N–H and O–H groups in total. The fraction of sp³-hybridized carbons (Fsp3) is 0.214. The van der Waals surface area contributed by atoms with Crippen LogP contribution < -0.4 is 11.5 Å². The predicted octanol–water partition coefficient (Wildman–Crippen LogP) is 0.546. The van der Waals surface area contributed by atoms with E-state index in [1.165, 1.54) is 0 Å². The average Bonchev–Trinajstić information content (AvgIpc) is 2.42. The van der Waals surface area contributed by atoms with Crippen LogP contribution in [-0.4, -0.2) is 27.3 Å². The lowest BCUT2D eigenvalue weighted by Gasteiger charge is -2.19. The Labute approximate surface area is 117 Å². The number of nitrogens with two attached hydrogens (primary N) is 2. The van der Waals surface area contributed by atoms with Crippen LogP contribution in [0.15, 0.2) is 42.7 Å². The van der Waals surface area contributed by atoms with Crippen LogP contribution in [0.3, 0.4) is 0 Å². The summed E-state index contributed by atoms with van der Waals surface area (Å²) in [4.78, 5) is 21.4. The number of carbonyl (C=O) groups is 1. The minimum absolute atomic E-state index is 0.155. The molecule has 0 unspecified atom stereocenters. The van der Waals surface area contributed by atoms with Gasteiger partial charge in [-0.15, -0.1) is 0 Å². The Morgan fingerprint density at radius 2 is 1.75 bits per heavy atom. The second-order valence-electron chi connectivity index (χ2n) is 4.52. The Balaban J connectivity index is 2.07. The van der Waals surface area contributed by atoms with Crippen molar-refractivity contribution in [3.8, 4) is 0 Å². The van der Waals surface area contributed by atoms with E-state index in [-0.39, 0.29) is 12.5 Å². The van der Waals surface area contributed by atoms with E-state index in [9.17, 15) is 4.79 Å². The molecule has 1 heterocycles. The van der Waals surface area contributed by atoms with Gasteiger partial charge in [0.25, 0.3) is 0 Å². The molecule has 0 aliphatic carbocycles. The third-order valence-electron chi connectivity index (χ3n) is 2.75. The van der Waals surface area contributed by atoms with Gasteiger partial charge in [0.2, 0.25) is 5.91 Å². The van der Waals surface area contributed by atoms with Crippen molar-refractivity contribution in [3.05, 3.63) is 54.1 Å². The molecule has 0 bridgehead atoms. The summed E-state index contributed by atoms with van der Waals surface area (Å²) in [5.41, 5.74) is 12.7. The van der Waals surface area contributed by atoms with Crippen molar-refractivity contribution in [3.63, 3.8) is 0 Å². The van der Waals surface area contributed by atoms with E-state index in [2.05, 4.69) is 9.97 Å². The summed E-state index contributed by atoms with van der Waals surface area (Å²) in [6, 6.07) is 9.26. The Hall–Kier alpha value is -2.47. The number of nitrogen functional groups attached to an aromatic ring is 1. The van der Waals surface area contributed by atoms with Crippen molar-refractivity contribution in [2.75, 3.05) is 12.3 Å². The van der Waals surface area contributed by atoms with E-state index in [0.29, 0.717) is 24.6 Å². The molecular weight excluding hydrogens is 254 g/mol. The predicted molar refractivity (Wildman–Crippen MR) is 76.2 cm³/mol. The van der Waals surface area contributed by atoms with Gasteiger partial charge < -0.3 is 11.5 Å². The summed E-state index contributed by atoms with van der Waals surface area (Å²) in [5.74, 6) is 0.278. The lowest BCUT2D eigenvalue weighted by Crippen LogP contribution is -2.33. The molecule has 6 nitrogen and oxygen atoms in total. The van der Waals surface area contributed by atoms with Gasteiger partial charge in [-0.25, -0.2) is 9.97 Å². The highest BCUT2D eigenvalue weighted by atomic mass is 16.1. The molecule has 2 rings (SSSR count). The number of anilines is 1. The zero-order chi connectivity index (χ0) is 14.4. The third-order valence-corrected chi connectivity index (χ3v) is 2.75. The van der Waals surface area contributed by atoms with Crippen molar-refractivity contribution in [2.45, 2.75) is 13.1 Å². The molecule has 0 fully saturated rings. The number of hydrogen-bond donors (Lipinski definition) is 2. The molecule has 0 spiro atoms. The molecule has 0 aliphatic heterocycles. The average molecular weight is 271 g/mol. The molecule has 0 atom stereocenters. The van der Waals surface area contributed by atoms with Crippen LogP contribution >= 0.6 is 0 Å². The zero-order valence-corrected chi connectivity index (χ0v) is 11.1. The van der Waals surface area contributed by atoms with Gasteiger partial charge in [-0.3, -0.25) is 9.69 Å². The van der Waals surface area contributed by atoms with Gasteiger partial charge >= 0.3 is 0 Å². The van der Waals surface area contributed by atoms with Crippen molar-refractivity contribution in [1.29, 1.82) is 0 Å². The molecular formula is C14H17N5O. The van der Waals surface area contributed by atoms with Crippen molar-refractivity contribution < 1.29 is 4.79 Å². The van der Waals surface area contributed by atoms with Crippen LogP contribution in [0.4, 0.5) is 5.69 Å². The molecule has 1 aromatic heterocycles. The standard InChI is InChI=1S/C14H17N5O/c15-12-4-2-11(3-5-12)8-19(9-13(16)20)10-14-17-6-1-7-18-14/h1-7H,8-10,15H2,(H2,16,20). The molecule has 20 heavy (non-hydrogen) atoms. The van der Waals surface area contributed by atoms with E-state index in [1.807, 2.05) is 29.2 Å². The molecule has 1 amide bonds. The third kappa shape index (κ3) is 4.33. The maximum Gasteiger partial charge on any atom is 0.231 e. The topological polar surface area (TPSA) is 98.1 Å². The molecule has 0 radical (unpaired) electrons. The van der Waals surface area contributed by atoms with E-state index in [1.54, 1.807) is 18.5 Å². The summed E-state index contributed by atoms with van der Waals surface area (Å²) in [7, 11) is 0. The minimum Gasteiger partial charge on any atom is -0.399 e. The van der Waals surface area contributed by atoms with Gasteiger partial charge in [0.1, 0.15) is 5.82 Å². The highest BCUT2D eigenvalue weighted by Gasteiger charge is 2.11. The number of hydrogen-bond acceptors (Lipinski definition) is 5. The lowest BCUT2D eigenvalue weighted by atomic mass is 10.2. The molecule has 6 heteroatoms. The van der Waals surface area contributed by atoms with Gasteiger partial charge in [0.15, 0.2) is 0 Å². The maximum atomic E-state index is 11.2. The maximum absolute atomic E-state index is 11.2. The van der Waals surface area contributed by atoms with E-state index in [4.69, 9.17) is 11.5 Å². The largest absolute Gasteiger partial charge is 0.399 e. The summed E-state index contributed by atoms with van der Waals surface area (Å²) in [6.07, 6.45) is 3.35. The van der Waals surface area contributed by atoms with Crippen LogP contribution in [0.5, 0.6) is 0 Å². The fourth-order valence-corrected chi connectivity index (χ4v) is 1.88. The van der Waals surface area contributed by atoms with Crippen LogP contribution in [0.1, 0.15) is 11.4 Å². The zero-order valence-electron chi connectivity index (χ0n) is 11.1. The van der Waals surface area contributed by atoms with Gasteiger partial charge in [-0.1, -0.05) is 12.1 Å². The Morgan fingerprint density at radius 3 is 2.35 bits per heavy atom. The van der Waals surface area contributed by atoms with Crippen molar-refractivity contribution >= 4 is 11.6 Å². The molecule has 104 valence electrons. The molecule has 1 aromatic carbocycles. The SMILES string of the molecule is NC(=O)CN(Cc1ccc(N)cc1)Cc1ncccn1. The highest BCUT2D eigenvalue weighted by molar-refractivity contribution is 5.75. The highest BCUT2D eigenvalue weighted by Crippen LogP contribution is 2.10. The van der Waals surface area contributed by atoms with Crippen molar-refractivity contribution in [1.82, 2.24) is 14.9 Å². The fourth-order valence-electron chi connectivity index (χ4n) is 1.88. The van der Waals surface area contributed by atoms with Crippen molar-refractivity contribution in [2.24, 2.45) is 5.73 Å². The van der Waals surface area contributed by atoms with Crippen LogP contribution in [-0.2, 0) is 17.9 Å². The van der Waals surface area contributed by atoms with Gasteiger partial charge in [0.05, 0.1) is 13.1 Å². The minimum atomic E-state index is -0.378. The molecule has 0 saturated heterocycles. The Bertz CT molecular complexity index is 556. The Kier molecular flexibility index (Phi) is 4.62. The molecule has 2 aromatic rings. The number of benzene rings is 1. The summed E-state index contributed by atoms with van der Waals surface area (Å²) in [6.45, 7) is 1.21. The monoisotopic (exact) mass is 271 g/mol. The second-order valence-corrected chi connectivity index (χ2v) is 4.52. The van der Waals surface area contributed by atoms with E-state index < -0.39 is 0 Å². The number of nitrogens with zero attached hydrogens (tertiary/aromatic N) is 3. The first-order valence-electron chi connectivity index (χ1n) is 6.24. The number of amides is 1. The van der Waals surface area contributed by atoms with Gasteiger partial charge in [-0.2, -0.15) is 0 Å². The van der Waals surface area contributed by atoms with Crippen LogP contribution in [0, 0.1) is 0 Å². The second kappa shape index (κ2) is 6.63. The molecule has 0 aliphatic rings. The quantitative estimate of drug-likeness (QED) is 0.747. The number of carbonyl (C=O) groups excluding carboxylic acids is 1. The Morgan fingerprint density at radius 1 is 1.10 bits per heavy atom. The number of rotatable bonds is 6. The van der Waals surface area contributed by atoms with Crippen LogP contribution in [0.25, 0.3) is 0 Å². The molecule has 0 saturated carbocycles. The normalized spacial score (nSPS) is 10.7. The van der Waals surface area contributed by atoms with E-state index >= 15 is 0 Å². The summed E-state index contributed by atoms with van der Waals surface area (Å²) in [5, 5.41) is 0. The van der Waals surface area contributed by atoms with Gasteiger partial charge in [-0.05, 0) is 23.8 Å². The summed E-state index contributed by atoms with van der Waals surface area (Å²) < 4.78 is 0. The van der Waals surface area contributed by atoms with E-state index in [0.717, 1.165) is 5.56 Å². The first kappa shape index (κ1) is 14.0. The van der Waals surface area contributed by atoms with Gasteiger partial charge in [0, 0.05) is 24.6 Å². The smallest absolute Gasteiger partial charge is 0.231 e. The lowest BCUT2D eigenvalue weighted by molar-refractivity contribution is -0.119. The number of primary amides is 1. The first-order chi connectivity index (χ1) is 9.63. The first-order valence-corrected chi connectivity index (χ1v) is 6.24. The number of aromatic nitrogens is 2. The summed E-state index contributed by atoms with van der Waals surface area (Å²) >= 11 is 0. The van der Waals surface area contributed by atoms with Crippen LogP contribution in [0.2, 0.25) is 0 Å².